The van der Waals surface area contributed by atoms with Gasteiger partial charge in [0.1, 0.15) is 5.75 Å². The number of esters is 1. The van der Waals surface area contributed by atoms with Crippen LogP contribution in [0.25, 0.3) is 11.6 Å². The second-order valence-electron chi connectivity index (χ2n) is 5.81. The Balaban J connectivity index is 1.67. The third-order valence-corrected chi connectivity index (χ3v) is 4.32. The van der Waals surface area contributed by atoms with E-state index in [1.165, 1.54) is 16.7 Å². The van der Waals surface area contributed by atoms with E-state index < -0.39 is 0 Å². The maximum Gasteiger partial charge on any atom is 0.337 e. The second kappa shape index (κ2) is 6.46. The van der Waals surface area contributed by atoms with Crippen molar-refractivity contribution in [3.8, 4) is 5.75 Å². The van der Waals surface area contributed by atoms with Crippen LogP contribution in [0.2, 0.25) is 0 Å². The molecule has 1 aliphatic heterocycles. The molecule has 3 rings (SSSR count). The van der Waals surface area contributed by atoms with Crippen molar-refractivity contribution in [3.05, 3.63) is 40.6 Å². The quantitative estimate of drug-likeness (QED) is 0.843. The van der Waals surface area contributed by atoms with Gasteiger partial charge in [0.2, 0.25) is 0 Å². The highest BCUT2D eigenvalue weighted by molar-refractivity contribution is 5.97. The lowest BCUT2D eigenvalue weighted by Crippen LogP contribution is -2.37. The minimum atomic E-state index is -0.292. The molecule has 0 aromatic heterocycles. The van der Waals surface area contributed by atoms with E-state index in [0.29, 0.717) is 30.8 Å². The molecule has 0 spiro atoms. The summed E-state index contributed by atoms with van der Waals surface area (Å²) in [5, 5.41) is 0. The number of benzene rings is 1. The molecule has 122 valence electrons. The molecule has 1 heterocycles. The Morgan fingerprint density at radius 2 is 2.22 bits per heavy atom. The number of rotatable bonds is 5. The summed E-state index contributed by atoms with van der Waals surface area (Å²) in [6.07, 6.45) is 2.88. The number of nitrogens with zero attached hydrogens (tertiary/aromatic N) is 1. The molecule has 0 amide bonds. The number of ether oxygens (including phenoxy) is 2. The van der Waals surface area contributed by atoms with Gasteiger partial charge in [0.05, 0.1) is 19.3 Å². The molecule has 0 saturated carbocycles. The molecule has 0 fully saturated rings. The Bertz CT molecular complexity index is 692. The first-order chi connectivity index (χ1) is 11.1. The van der Waals surface area contributed by atoms with Crippen molar-refractivity contribution in [3.63, 3.8) is 0 Å². The van der Waals surface area contributed by atoms with Gasteiger partial charge in [-0.2, -0.15) is 0 Å². The zero-order valence-corrected chi connectivity index (χ0v) is 13.6. The zero-order chi connectivity index (χ0) is 16.4. The van der Waals surface area contributed by atoms with Crippen molar-refractivity contribution in [1.29, 1.82) is 0 Å². The van der Waals surface area contributed by atoms with Crippen LogP contribution >= 0.6 is 0 Å². The maximum atomic E-state index is 12.0. The molecular formula is C18H22N2O3. The molecule has 1 aromatic carbocycles. The number of hydrogen-bond donors (Lipinski definition) is 1. The summed E-state index contributed by atoms with van der Waals surface area (Å²) < 4.78 is 10.4. The largest absolute Gasteiger partial charge is 0.497 e. The molecule has 5 heteroatoms. The SMILES string of the molecule is CCOC(=O)C1=C(N)CCN(CC2=Cc3ccc(OC)cc32)C1. The van der Waals surface area contributed by atoms with Crippen molar-refractivity contribution in [2.75, 3.05) is 33.4 Å². The third kappa shape index (κ3) is 3.10. The van der Waals surface area contributed by atoms with Gasteiger partial charge in [-0.15, -0.1) is 0 Å². The maximum absolute atomic E-state index is 12.0. The van der Waals surface area contributed by atoms with E-state index in [2.05, 4.69) is 23.1 Å². The van der Waals surface area contributed by atoms with Crippen LogP contribution in [0.1, 0.15) is 24.5 Å². The first kappa shape index (κ1) is 15.6. The van der Waals surface area contributed by atoms with Gasteiger partial charge in [0, 0.05) is 31.8 Å². The first-order valence-corrected chi connectivity index (χ1v) is 7.88. The van der Waals surface area contributed by atoms with E-state index in [1.807, 2.05) is 6.07 Å². The summed E-state index contributed by atoms with van der Waals surface area (Å²) >= 11 is 0. The third-order valence-electron chi connectivity index (χ3n) is 4.32. The minimum Gasteiger partial charge on any atom is -0.497 e. The van der Waals surface area contributed by atoms with Gasteiger partial charge < -0.3 is 15.2 Å². The molecule has 0 unspecified atom stereocenters. The lowest BCUT2D eigenvalue weighted by Gasteiger charge is -2.32. The number of carbonyl (C=O) groups is 1. The van der Waals surface area contributed by atoms with Gasteiger partial charge in [-0.25, -0.2) is 4.79 Å². The Kier molecular flexibility index (Phi) is 4.39. The van der Waals surface area contributed by atoms with Gasteiger partial charge in [-0.1, -0.05) is 6.07 Å². The number of fused-ring (bicyclic) bond motifs is 1. The summed E-state index contributed by atoms with van der Waals surface area (Å²) in [5.74, 6) is 0.573. The number of hydrogen-bond acceptors (Lipinski definition) is 5. The van der Waals surface area contributed by atoms with Crippen LogP contribution in [0.3, 0.4) is 0 Å². The van der Waals surface area contributed by atoms with E-state index in [1.54, 1.807) is 14.0 Å². The summed E-state index contributed by atoms with van der Waals surface area (Å²) in [4.78, 5) is 14.2. The normalized spacial score (nSPS) is 17.2. The van der Waals surface area contributed by atoms with Gasteiger partial charge in [0.15, 0.2) is 0 Å². The molecule has 2 N–H and O–H groups in total. The van der Waals surface area contributed by atoms with E-state index >= 15 is 0 Å². The smallest absolute Gasteiger partial charge is 0.337 e. The fourth-order valence-electron chi connectivity index (χ4n) is 3.01. The van der Waals surface area contributed by atoms with E-state index in [-0.39, 0.29) is 5.97 Å². The number of carbonyl (C=O) groups excluding carboxylic acids is 1. The van der Waals surface area contributed by atoms with Crippen molar-refractivity contribution in [2.45, 2.75) is 13.3 Å². The van der Waals surface area contributed by atoms with Crippen LogP contribution in [-0.4, -0.2) is 44.2 Å². The highest BCUT2D eigenvalue weighted by Gasteiger charge is 2.26. The Hall–Kier alpha value is -2.27. The summed E-state index contributed by atoms with van der Waals surface area (Å²) in [6, 6.07) is 6.09. The second-order valence-corrected chi connectivity index (χ2v) is 5.81. The fraction of sp³-hybridized carbons (Fsp3) is 0.389. The molecule has 0 bridgehead atoms. The molecule has 1 aliphatic carbocycles. The van der Waals surface area contributed by atoms with Crippen LogP contribution in [0.4, 0.5) is 0 Å². The Morgan fingerprint density at radius 1 is 1.39 bits per heavy atom. The lowest BCUT2D eigenvalue weighted by atomic mass is 9.87. The van der Waals surface area contributed by atoms with Gasteiger partial charge in [0.25, 0.3) is 0 Å². The van der Waals surface area contributed by atoms with Crippen LogP contribution in [-0.2, 0) is 9.53 Å². The number of nitrogens with two attached hydrogens (primary N) is 1. The first-order valence-electron chi connectivity index (χ1n) is 7.88. The van der Waals surface area contributed by atoms with Crippen molar-refractivity contribution < 1.29 is 14.3 Å². The van der Waals surface area contributed by atoms with E-state index in [9.17, 15) is 4.79 Å². The molecule has 0 atom stereocenters. The zero-order valence-electron chi connectivity index (χ0n) is 13.6. The standard InChI is InChI=1S/C18H22N2O3/c1-3-23-18(21)16-11-20(7-6-17(16)19)10-13-8-12-4-5-14(22-2)9-15(12)13/h4-5,8-9H,3,6-7,10-11,19H2,1-2H3. The van der Waals surface area contributed by atoms with Crippen molar-refractivity contribution in [2.24, 2.45) is 5.73 Å². The lowest BCUT2D eigenvalue weighted by molar-refractivity contribution is -0.139. The molecule has 2 aliphatic rings. The number of methoxy groups -OCH3 is 1. The molecule has 0 radical (unpaired) electrons. The minimum absolute atomic E-state index is 0.292. The summed E-state index contributed by atoms with van der Waals surface area (Å²) in [5.41, 5.74) is 11.0. The monoisotopic (exact) mass is 314 g/mol. The molecule has 23 heavy (non-hydrogen) atoms. The Morgan fingerprint density at radius 3 is 2.96 bits per heavy atom. The highest BCUT2D eigenvalue weighted by Crippen LogP contribution is 2.36. The fourth-order valence-corrected chi connectivity index (χ4v) is 3.01. The summed E-state index contributed by atoms with van der Waals surface area (Å²) in [7, 11) is 1.67. The van der Waals surface area contributed by atoms with Crippen LogP contribution in [0.15, 0.2) is 29.5 Å². The van der Waals surface area contributed by atoms with E-state index in [0.717, 1.165) is 18.8 Å². The van der Waals surface area contributed by atoms with Gasteiger partial charge in [-0.05, 0) is 41.8 Å². The van der Waals surface area contributed by atoms with Gasteiger partial charge >= 0.3 is 5.97 Å². The molecular weight excluding hydrogens is 292 g/mol. The molecule has 5 nitrogen and oxygen atoms in total. The van der Waals surface area contributed by atoms with Crippen LogP contribution < -0.4 is 10.5 Å². The van der Waals surface area contributed by atoms with Crippen LogP contribution in [0, 0.1) is 0 Å². The highest BCUT2D eigenvalue weighted by atomic mass is 16.5. The average Bonchev–Trinajstić information content (AvgIpc) is 2.54. The van der Waals surface area contributed by atoms with Crippen LogP contribution in [0.5, 0.6) is 5.75 Å². The van der Waals surface area contributed by atoms with Crippen molar-refractivity contribution in [1.82, 2.24) is 4.90 Å². The van der Waals surface area contributed by atoms with E-state index in [4.69, 9.17) is 15.2 Å². The van der Waals surface area contributed by atoms with Crippen molar-refractivity contribution >= 4 is 17.6 Å². The van der Waals surface area contributed by atoms with Gasteiger partial charge in [-0.3, -0.25) is 4.90 Å². The predicted molar refractivity (Wildman–Crippen MR) is 89.8 cm³/mol. The summed E-state index contributed by atoms with van der Waals surface area (Å²) in [6.45, 7) is 4.37. The molecule has 0 saturated heterocycles. The average molecular weight is 314 g/mol. The predicted octanol–water partition coefficient (Wildman–Crippen LogP) is 2.03. The molecule has 1 aromatic rings. The Labute approximate surface area is 136 Å². The topological polar surface area (TPSA) is 64.8 Å².